The molecule has 0 radical (unpaired) electrons. The summed E-state index contributed by atoms with van der Waals surface area (Å²) in [6.07, 6.45) is 1.55. The molecule has 0 fully saturated rings. The highest BCUT2D eigenvalue weighted by Gasteiger charge is 2.42. The molecule has 0 unspecified atom stereocenters. The summed E-state index contributed by atoms with van der Waals surface area (Å²) in [5, 5.41) is 3.29. The molecule has 1 aromatic carbocycles. The number of fused-ring (bicyclic) bond motifs is 1. The lowest BCUT2D eigenvalue weighted by Crippen LogP contribution is -2.51. The van der Waals surface area contributed by atoms with Crippen molar-refractivity contribution in [3.63, 3.8) is 0 Å². The number of nitrogens with one attached hydrogen (secondary N) is 1. The van der Waals surface area contributed by atoms with Crippen molar-refractivity contribution in [2.45, 2.75) is 13.0 Å². The van der Waals surface area contributed by atoms with E-state index < -0.39 is 41.7 Å². The average Bonchev–Trinajstić information content (AvgIpc) is 2.75. The molecule has 0 saturated carbocycles. The van der Waals surface area contributed by atoms with Crippen LogP contribution in [0.3, 0.4) is 0 Å². The maximum atomic E-state index is 12.9. The number of hydrogen-bond donors (Lipinski definition) is 1. The van der Waals surface area contributed by atoms with E-state index in [1.807, 2.05) is 0 Å². The Bertz CT molecular complexity index is 907. The Morgan fingerprint density at radius 1 is 0.897 bits per heavy atom. The number of carbonyl (C=O) groups is 4. The van der Waals surface area contributed by atoms with Crippen LogP contribution in [0.4, 0.5) is 0 Å². The summed E-state index contributed by atoms with van der Waals surface area (Å²) in [6.45, 7) is 1.45. The zero-order chi connectivity index (χ0) is 21.6. The second-order valence-corrected chi connectivity index (χ2v) is 6.24. The van der Waals surface area contributed by atoms with Gasteiger partial charge in [-0.15, -0.1) is 0 Å². The number of pyridine rings is 1. The van der Waals surface area contributed by atoms with Crippen LogP contribution in [0.2, 0.25) is 0 Å². The van der Waals surface area contributed by atoms with E-state index in [-0.39, 0.29) is 5.56 Å². The summed E-state index contributed by atoms with van der Waals surface area (Å²) >= 11 is 0. The third-order valence-corrected chi connectivity index (χ3v) is 4.58. The molecule has 0 saturated heterocycles. The van der Waals surface area contributed by atoms with E-state index in [0.717, 1.165) is 26.7 Å². The Balaban J connectivity index is 2.39. The van der Waals surface area contributed by atoms with Gasteiger partial charge in [0.2, 0.25) is 0 Å². The Morgan fingerprint density at radius 2 is 1.48 bits per heavy atom. The molecule has 0 spiro atoms. The van der Waals surface area contributed by atoms with Gasteiger partial charge >= 0.3 is 17.9 Å². The lowest BCUT2D eigenvalue weighted by molar-refractivity contribution is -0.162. The molecule has 0 aliphatic heterocycles. The lowest BCUT2D eigenvalue weighted by atomic mass is 9.87. The number of para-hydroxylation sites is 1. The fourth-order valence-electron chi connectivity index (χ4n) is 3.01. The maximum absolute atomic E-state index is 12.9. The van der Waals surface area contributed by atoms with Crippen molar-refractivity contribution in [3.8, 4) is 0 Å². The summed E-state index contributed by atoms with van der Waals surface area (Å²) in [5.41, 5.74) is 0.679. The maximum Gasteiger partial charge on any atom is 0.328 e. The van der Waals surface area contributed by atoms with Gasteiger partial charge in [0.05, 0.1) is 32.4 Å². The minimum Gasteiger partial charge on any atom is -0.468 e. The predicted octanol–water partition coefficient (Wildman–Crippen LogP) is 1.10. The first-order valence-corrected chi connectivity index (χ1v) is 8.73. The highest BCUT2D eigenvalue weighted by atomic mass is 16.5. The normalized spacial score (nSPS) is 12.7. The van der Waals surface area contributed by atoms with Crippen LogP contribution in [0.25, 0.3) is 10.9 Å². The minimum absolute atomic E-state index is 0.233. The van der Waals surface area contributed by atoms with Gasteiger partial charge in [0.25, 0.3) is 5.91 Å². The fraction of sp³-hybridized carbons (Fsp3) is 0.350. The number of hydrogen-bond acceptors (Lipinski definition) is 8. The molecule has 0 aliphatic rings. The quantitative estimate of drug-likeness (QED) is 0.415. The Hall–Kier alpha value is -3.49. The van der Waals surface area contributed by atoms with Gasteiger partial charge in [0.1, 0.15) is 6.04 Å². The Labute approximate surface area is 167 Å². The van der Waals surface area contributed by atoms with Crippen molar-refractivity contribution < 1.29 is 33.4 Å². The van der Waals surface area contributed by atoms with Crippen LogP contribution in [0, 0.1) is 11.8 Å². The lowest BCUT2D eigenvalue weighted by Gasteiger charge is -2.27. The number of amides is 1. The number of benzene rings is 1. The summed E-state index contributed by atoms with van der Waals surface area (Å²) < 4.78 is 14.1. The molecular formula is C20H22N2O7. The number of ether oxygens (including phenoxy) is 3. The summed E-state index contributed by atoms with van der Waals surface area (Å²) in [5.74, 6) is -5.64. The van der Waals surface area contributed by atoms with Crippen LogP contribution in [0.5, 0.6) is 0 Å². The molecule has 2 aromatic rings. The second-order valence-electron chi connectivity index (χ2n) is 6.24. The number of aromatic nitrogens is 1. The van der Waals surface area contributed by atoms with E-state index in [1.54, 1.807) is 36.5 Å². The van der Waals surface area contributed by atoms with Crippen LogP contribution < -0.4 is 5.32 Å². The molecule has 1 amide bonds. The van der Waals surface area contributed by atoms with Gasteiger partial charge in [-0.05, 0) is 12.1 Å². The Kier molecular flexibility index (Phi) is 7.24. The molecule has 9 nitrogen and oxygen atoms in total. The average molecular weight is 402 g/mol. The van der Waals surface area contributed by atoms with E-state index in [0.29, 0.717) is 5.52 Å². The number of esters is 3. The van der Waals surface area contributed by atoms with Crippen molar-refractivity contribution >= 4 is 34.7 Å². The van der Waals surface area contributed by atoms with Crippen LogP contribution in [0.1, 0.15) is 17.3 Å². The minimum atomic E-state index is -1.43. The van der Waals surface area contributed by atoms with Crippen molar-refractivity contribution in [2.75, 3.05) is 21.3 Å². The highest BCUT2D eigenvalue weighted by Crippen LogP contribution is 2.22. The van der Waals surface area contributed by atoms with Crippen LogP contribution in [0.15, 0.2) is 36.5 Å². The molecular weight excluding hydrogens is 380 g/mol. The standard InChI is InChI=1S/C20H22N2O7/c1-11(14(18(24)27-2)19(25)28-3)15(20(26)29-4)22-17(23)13-9-5-7-12-8-6-10-21-16(12)13/h5-11,14-15H,1-4H3,(H,22,23)/t11-,15-/m0/s1. The van der Waals surface area contributed by atoms with E-state index >= 15 is 0 Å². The Morgan fingerprint density at radius 3 is 2.07 bits per heavy atom. The van der Waals surface area contributed by atoms with E-state index in [2.05, 4.69) is 19.8 Å². The molecule has 0 bridgehead atoms. The van der Waals surface area contributed by atoms with Gasteiger partial charge in [-0.1, -0.05) is 25.1 Å². The van der Waals surface area contributed by atoms with Crippen molar-refractivity contribution in [2.24, 2.45) is 11.8 Å². The van der Waals surface area contributed by atoms with Crippen molar-refractivity contribution in [3.05, 3.63) is 42.1 Å². The molecule has 1 heterocycles. The SMILES string of the molecule is COC(=O)C(C(=O)OC)[C@H](C)[C@H](NC(=O)c1cccc2cccnc12)C(=O)OC. The van der Waals surface area contributed by atoms with Crippen molar-refractivity contribution in [1.82, 2.24) is 10.3 Å². The highest BCUT2D eigenvalue weighted by molar-refractivity contribution is 6.06. The molecule has 29 heavy (non-hydrogen) atoms. The number of rotatable bonds is 7. The molecule has 0 aliphatic carbocycles. The molecule has 2 rings (SSSR count). The van der Waals surface area contributed by atoms with Crippen LogP contribution in [-0.4, -0.2) is 56.2 Å². The third kappa shape index (κ3) is 4.68. The monoisotopic (exact) mass is 402 g/mol. The molecule has 154 valence electrons. The van der Waals surface area contributed by atoms with E-state index in [1.165, 1.54) is 6.92 Å². The first kappa shape index (κ1) is 21.8. The fourth-order valence-corrected chi connectivity index (χ4v) is 3.01. The van der Waals surface area contributed by atoms with Gasteiger partial charge in [-0.2, -0.15) is 0 Å². The topological polar surface area (TPSA) is 121 Å². The summed E-state index contributed by atoms with van der Waals surface area (Å²) in [7, 11) is 3.36. The van der Waals surface area contributed by atoms with Gasteiger partial charge in [0.15, 0.2) is 5.92 Å². The zero-order valence-corrected chi connectivity index (χ0v) is 16.5. The smallest absolute Gasteiger partial charge is 0.328 e. The third-order valence-electron chi connectivity index (χ3n) is 4.58. The summed E-state index contributed by atoms with van der Waals surface area (Å²) in [6, 6.07) is 7.26. The van der Waals surface area contributed by atoms with E-state index in [9.17, 15) is 19.2 Å². The first-order valence-electron chi connectivity index (χ1n) is 8.73. The first-order chi connectivity index (χ1) is 13.8. The largest absolute Gasteiger partial charge is 0.468 e. The molecule has 9 heteroatoms. The van der Waals surface area contributed by atoms with Gasteiger partial charge < -0.3 is 19.5 Å². The molecule has 1 aromatic heterocycles. The van der Waals surface area contributed by atoms with Gasteiger partial charge in [-0.25, -0.2) is 4.79 Å². The van der Waals surface area contributed by atoms with Crippen LogP contribution in [-0.2, 0) is 28.6 Å². The molecule has 2 atom stereocenters. The molecule has 1 N–H and O–H groups in total. The second kappa shape index (κ2) is 9.63. The van der Waals surface area contributed by atoms with E-state index in [4.69, 9.17) is 4.74 Å². The van der Waals surface area contributed by atoms with Gasteiger partial charge in [0, 0.05) is 17.5 Å². The number of nitrogens with zero attached hydrogens (tertiary/aromatic N) is 1. The predicted molar refractivity (Wildman–Crippen MR) is 102 cm³/mol. The van der Waals surface area contributed by atoms with Crippen LogP contribution >= 0.6 is 0 Å². The zero-order valence-electron chi connectivity index (χ0n) is 16.5. The summed E-state index contributed by atoms with van der Waals surface area (Å²) in [4.78, 5) is 53.7. The van der Waals surface area contributed by atoms with Crippen molar-refractivity contribution in [1.29, 1.82) is 0 Å². The van der Waals surface area contributed by atoms with Gasteiger partial charge in [-0.3, -0.25) is 19.4 Å². The number of carbonyl (C=O) groups excluding carboxylic acids is 4. The number of methoxy groups -OCH3 is 3.